The highest BCUT2D eigenvalue weighted by atomic mass is 32.2. The molecule has 0 bridgehead atoms. The fourth-order valence-electron chi connectivity index (χ4n) is 2.42. The summed E-state index contributed by atoms with van der Waals surface area (Å²) in [7, 11) is 0. The van der Waals surface area contributed by atoms with Crippen LogP contribution in [0.25, 0.3) is 6.08 Å². The van der Waals surface area contributed by atoms with Gasteiger partial charge in [0.15, 0.2) is 5.17 Å². The molecule has 0 aromatic heterocycles. The molecule has 4 nitrogen and oxygen atoms in total. The van der Waals surface area contributed by atoms with Crippen LogP contribution < -0.4 is 0 Å². The highest BCUT2D eigenvalue weighted by Crippen LogP contribution is 2.31. The molecule has 1 aromatic rings. The molecule has 1 fully saturated rings. The standard InChI is InChI=1S/C16H15N3OS/c17-11-13-6-4-12(5-7-13)10-14-15(20)18-16(21-14)19-8-2-1-3-9-19/h4-7,10H,1-3,8-9H2/b14-10-. The normalized spacial score (nSPS) is 20.5. The first-order valence-corrected chi connectivity index (χ1v) is 7.85. The van der Waals surface area contributed by atoms with Crippen LogP contribution in [0, 0.1) is 11.3 Å². The first-order chi connectivity index (χ1) is 10.3. The summed E-state index contributed by atoms with van der Waals surface area (Å²) in [6, 6.07) is 9.28. The Labute approximate surface area is 128 Å². The first kappa shape index (κ1) is 13.9. The fraction of sp³-hybridized carbons (Fsp3) is 0.312. The molecule has 0 unspecified atom stereocenters. The summed E-state index contributed by atoms with van der Waals surface area (Å²) in [5.41, 5.74) is 1.53. The van der Waals surface area contributed by atoms with Gasteiger partial charge in [0, 0.05) is 13.1 Å². The van der Waals surface area contributed by atoms with Crippen molar-refractivity contribution in [3.05, 3.63) is 40.3 Å². The number of benzene rings is 1. The Morgan fingerprint density at radius 2 is 1.90 bits per heavy atom. The van der Waals surface area contributed by atoms with Gasteiger partial charge in [-0.15, -0.1) is 0 Å². The summed E-state index contributed by atoms with van der Waals surface area (Å²) in [6.45, 7) is 1.98. The van der Waals surface area contributed by atoms with Crippen LogP contribution in [0.3, 0.4) is 0 Å². The van der Waals surface area contributed by atoms with Crippen molar-refractivity contribution in [1.29, 1.82) is 5.26 Å². The summed E-state index contributed by atoms with van der Waals surface area (Å²) in [4.78, 5) is 19.0. The summed E-state index contributed by atoms with van der Waals surface area (Å²) in [6.07, 6.45) is 5.44. The molecule has 5 heteroatoms. The van der Waals surface area contributed by atoms with Gasteiger partial charge in [-0.25, -0.2) is 0 Å². The molecule has 2 aliphatic rings. The third-order valence-corrected chi connectivity index (χ3v) is 4.62. The number of amides is 1. The van der Waals surface area contributed by atoms with Crippen molar-refractivity contribution < 1.29 is 4.79 Å². The highest BCUT2D eigenvalue weighted by Gasteiger charge is 2.26. The first-order valence-electron chi connectivity index (χ1n) is 7.04. The zero-order valence-corrected chi connectivity index (χ0v) is 12.4. The van der Waals surface area contributed by atoms with Crippen molar-refractivity contribution in [2.75, 3.05) is 13.1 Å². The van der Waals surface area contributed by atoms with Crippen molar-refractivity contribution in [2.45, 2.75) is 19.3 Å². The Balaban J connectivity index is 1.74. The Bertz CT molecular complexity index is 649. The molecule has 1 saturated heterocycles. The van der Waals surface area contributed by atoms with Gasteiger partial charge >= 0.3 is 0 Å². The largest absolute Gasteiger partial charge is 0.351 e. The number of nitrogens with zero attached hydrogens (tertiary/aromatic N) is 3. The van der Waals surface area contributed by atoms with E-state index in [-0.39, 0.29) is 5.91 Å². The second kappa shape index (κ2) is 6.15. The molecule has 0 spiro atoms. The molecular formula is C16H15N3OS. The van der Waals surface area contributed by atoms with Crippen LogP contribution in [-0.2, 0) is 4.79 Å². The lowest BCUT2D eigenvalue weighted by Gasteiger charge is -2.27. The minimum atomic E-state index is -0.162. The maximum absolute atomic E-state index is 12.0. The van der Waals surface area contributed by atoms with Gasteiger partial charge in [0.2, 0.25) is 0 Å². The highest BCUT2D eigenvalue weighted by molar-refractivity contribution is 8.18. The average Bonchev–Trinajstić information content (AvgIpc) is 2.90. The molecule has 21 heavy (non-hydrogen) atoms. The van der Waals surface area contributed by atoms with E-state index in [1.807, 2.05) is 18.2 Å². The lowest BCUT2D eigenvalue weighted by Crippen LogP contribution is -2.33. The number of amidine groups is 1. The predicted molar refractivity (Wildman–Crippen MR) is 84.6 cm³/mol. The number of hydrogen-bond acceptors (Lipinski definition) is 4. The molecule has 106 valence electrons. The van der Waals surface area contributed by atoms with Gasteiger partial charge in [0.25, 0.3) is 5.91 Å². The molecule has 3 rings (SSSR count). The van der Waals surface area contributed by atoms with E-state index in [1.54, 1.807) is 12.1 Å². The van der Waals surface area contributed by atoms with E-state index in [0.717, 1.165) is 23.8 Å². The SMILES string of the molecule is N#Cc1ccc(/C=C2\SC(N3CCCCC3)=NC2=O)cc1. The number of carbonyl (C=O) groups excluding carboxylic acids is 1. The molecular weight excluding hydrogens is 282 g/mol. The third-order valence-electron chi connectivity index (χ3n) is 3.57. The number of hydrogen-bond donors (Lipinski definition) is 0. The van der Waals surface area contributed by atoms with E-state index in [1.165, 1.54) is 31.0 Å². The fourth-order valence-corrected chi connectivity index (χ4v) is 3.39. The van der Waals surface area contributed by atoms with Crippen LogP contribution in [-0.4, -0.2) is 29.1 Å². The number of likely N-dealkylation sites (tertiary alicyclic amines) is 1. The van der Waals surface area contributed by atoms with E-state index in [9.17, 15) is 4.79 Å². The molecule has 0 N–H and O–H groups in total. The molecule has 1 amide bonds. The number of carbonyl (C=O) groups is 1. The minimum absolute atomic E-state index is 0.162. The minimum Gasteiger partial charge on any atom is -0.351 e. The van der Waals surface area contributed by atoms with Crippen molar-refractivity contribution in [2.24, 2.45) is 4.99 Å². The molecule has 2 heterocycles. The number of thioether (sulfide) groups is 1. The van der Waals surface area contributed by atoms with Crippen LogP contribution in [0.1, 0.15) is 30.4 Å². The number of piperidine rings is 1. The Morgan fingerprint density at radius 3 is 2.57 bits per heavy atom. The zero-order valence-electron chi connectivity index (χ0n) is 11.6. The average molecular weight is 297 g/mol. The molecule has 1 aromatic carbocycles. The Morgan fingerprint density at radius 1 is 1.19 bits per heavy atom. The van der Waals surface area contributed by atoms with Crippen molar-refractivity contribution in [3.63, 3.8) is 0 Å². The van der Waals surface area contributed by atoms with E-state index >= 15 is 0 Å². The molecule has 0 radical (unpaired) electrons. The van der Waals surface area contributed by atoms with Gasteiger partial charge in [0.05, 0.1) is 16.5 Å². The monoisotopic (exact) mass is 297 g/mol. The van der Waals surface area contributed by atoms with Gasteiger partial charge in [-0.1, -0.05) is 12.1 Å². The number of nitriles is 1. The Kier molecular flexibility index (Phi) is 4.07. The summed E-state index contributed by atoms with van der Waals surface area (Å²) in [5, 5.41) is 9.62. The van der Waals surface area contributed by atoms with Crippen LogP contribution in [0.5, 0.6) is 0 Å². The second-order valence-electron chi connectivity index (χ2n) is 5.09. The molecule has 0 atom stereocenters. The van der Waals surface area contributed by atoms with Gasteiger partial charge in [0.1, 0.15) is 0 Å². The second-order valence-corrected chi connectivity index (χ2v) is 6.10. The van der Waals surface area contributed by atoms with Gasteiger partial charge in [-0.3, -0.25) is 4.79 Å². The lowest BCUT2D eigenvalue weighted by atomic mass is 10.1. The summed E-state index contributed by atoms with van der Waals surface area (Å²) in [5.74, 6) is -0.162. The van der Waals surface area contributed by atoms with Crippen LogP contribution in [0.4, 0.5) is 0 Å². The van der Waals surface area contributed by atoms with E-state index in [0.29, 0.717) is 10.5 Å². The van der Waals surface area contributed by atoms with Crippen LogP contribution in [0.2, 0.25) is 0 Å². The van der Waals surface area contributed by atoms with Crippen molar-refractivity contribution >= 4 is 28.9 Å². The maximum Gasteiger partial charge on any atom is 0.286 e. The van der Waals surface area contributed by atoms with Crippen LogP contribution >= 0.6 is 11.8 Å². The van der Waals surface area contributed by atoms with E-state index in [2.05, 4.69) is 16.0 Å². The van der Waals surface area contributed by atoms with Crippen molar-refractivity contribution in [3.8, 4) is 6.07 Å². The van der Waals surface area contributed by atoms with E-state index < -0.39 is 0 Å². The smallest absolute Gasteiger partial charge is 0.286 e. The molecule has 0 saturated carbocycles. The maximum atomic E-state index is 12.0. The predicted octanol–water partition coefficient (Wildman–Crippen LogP) is 3.01. The molecule has 0 aliphatic carbocycles. The summed E-state index contributed by atoms with van der Waals surface area (Å²) < 4.78 is 0. The topological polar surface area (TPSA) is 56.5 Å². The summed E-state index contributed by atoms with van der Waals surface area (Å²) >= 11 is 1.45. The number of rotatable bonds is 1. The quantitative estimate of drug-likeness (QED) is 0.748. The number of aliphatic imine (C=N–C) groups is 1. The van der Waals surface area contributed by atoms with E-state index in [4.69, 9.17) is 5.26 Å². The lowest BCUT2D eigenvalue weighted by molar-refractivity contribution is -0.113. The molecule has 2 aliphatic heterocycles. The Hall–Kier alpha value is -2.06. The van der Waals surface area contributed by atoms with Gasteiger partial charge < -0.3 is 4.90 Å². The van der Waals surface area contributed by atoms with Crippen LogP contribution in [0.15, 0.2) is 34.2 Å². The third kappa shape index (κ3) is 3.17. The van der Waals surface area contributed by atoms with Crippen molar-refractivity contribution in [1.82, 2.24) is 4.90 Å². The zero-order chi connectivity index (χ0) is 14.7. The van der Waals surface area contributed by atoms with Gasteiger partial charge in [-0.2, -0.15) is 10.3 Å². The van der Waals surface area contributed by atoms with Gasteiger partial charge in [-0.05, 0) is 54.8 Å².